The summed E-state index contributed by atoms with van der Waals surface area (Å²) < 4.78 is 7.62. The quantitative estimate of drug-likeness (QED) is 0.275. The van der Waals surface area contributed by atoms with Crippen molar-refractivity contribution in [2.24, 2.45) is 17.8 Å². The number of benzene rings is 3. The highest BCUT2D eigenvalue weighted by Gasteiger charge is 2.52. The topological polar surface area (TPSA) is 46.5 Å². The van der Waals surface area contributed by atoms with Crippen LogP contribution in [0.3, 0.4) is 0 Å². The first kappa shape index (κ1) is 25.4. The molecule has 3 aromatic rings. The molecule has 4 aliphatic rings. The van der Waals surface area contributed by atoms with E-state index in [2.05, 4.69) is 71.4 Å². The number of aliphatic carboxylic acids is 1. The largest absolute Gasteiger partial charge is 0.489 e. The van der Waals surface area contributed by atoms with Crippen molar-refractivity contribution >= 4 is 28.0 Å². The number of carbonyl (C=O) groups is 1. The fraction of sp³-hybridized carbons (Fsp3) is 0.382. The number of ether oxygens (including phenoxy) is 1. The highest BCUT2D eigenvalue weighted by atomic mass is 79.9. The van der Waals surface area contributed by atoms with Crippen molar-refractivity contribution in [2.45, 2.75) is 63.9 Å². The second-order valence-electron chi connectivity index (χ2n) is 11.7. The molecule has 0 atom stereocenters. The Balaban J connectivity index is 1.41. The van der Waals surface area contributed by atoms with E-state index in [1.807, 2.05) is 12.1 Å². The van der Waals surface area contributed by atoms with Crippen LogP contribution in [0.2, 0.25) is 0 Å². The van der Waals surface area contributed by atoms with Crippen molar-refractivity contribution in [1.29, 1.82) is 0 Å². The Kier molecular flexibility index (Phi) is 6.94. The molecule has 0 spiro atoms. The van der Waals surface area contributed by atoms with Gasteiger partial charge in [-0.15, -0.1) is 0 Å². The summed E-state index contributed by atoms with van der Waals surface area (Å²) >= 11 is 3.89. The Morgan fingerprint density at radius 3 is 2.32 bits per heavy atom. The van der Waals surface area contributed by atoms with E-state index in [0.717, 1.165) is 51.1 Å². The van der Waals surface area contributed by atoms with Gasteiger partial charge in [0.15, 0.2) is 0 Å². The summed E-state index contributed by atoms with van der Waals surface area (Å²) in [5.74, 6) is 2.66. The minimum absolute atomic E-state index is 0.209. The smallest absolute Gasteiger partial charge is 0.328 e. The first-order chi connectivity index (χ1) is 18.4. The molecule has 38 heavy (non-hydrogen) atoms. The molecule has 0 saturated heterocycles. The van der Waals surface area contributed by atoms with Crippen molar-refractivity contribution in [2.75, 3.05) is 0 Å². The van der Waals surface area contributed by atoms with Gasteiger partial charge in [0.05, 0.1) is 0 Å². The second-order valence-corrected chi connectivity index (χ2v) is 12.5. The molecule has 4 saturated carbocycles. The van der Waals surface area contributed by atoms with Crippen LogP contribution in [-0.4, -0.2) is 11.1 Å². The van der Waals surface area contributed by atoms with E-state index in [-0.39, 0.29) is 5.41 Å². The SMILES string of the molecule is CCc1c(C=CC(=O)O)ccc(-c2ccc(OCc3ccccc3)c(C34CC5CC(CC(C5)C3)C4)c2)c1Br. The minimum atomic E-state index is -0.932. The summed E-state index contributed by atoms with van der Waals surface area (Å²) in [5, 5.41) is 9.12. The summed E-state index contributed by atoms with van der Waals surface area (Å²) in [7, 11) is 0. The fourth-order valence-electron chi connectivity index (χ4n) is 7.95. The van der Waals surface area contributed by atoms with E-state index in [4.69, 9.17) is 9.84 Å². The zero-order valence-electron chi connectivity index (χ0n) is 22.0. The van der Waals surface area contributed by atoms with Crippen LogP contribution in [0.15, 0.2) is 71.2 Å². The van der Waals surface area contributed by atoms with Crippen LogP contribution < -0.4 is 4.74 Å². The number of halogens is 1. The maximum absolute atomic E-state index is 11.1. The van der Waals surface area contributed by atoms with Crippen LogP contribution in [0, 0.1) is 17.8 Å². The lowest BCUT2D eigenvalue weighted by molar-refractivity contribution is -0.131. The van der Waals surface area contributed by atoms with Gasteiger partial charge in [0.1, 0.15) is 12.4 Å². The van der Waals surface area contributed by atoms with E-state index >= 15 is 0 Å². The first-order valence-electron chi connectivity index (χ1n) is 14.0. The third-order valence-electron chi connectivity index (χ3n) is 9.18. The van der Waals surface area contributed by atoms with E-state index in [1.54, 1.807) is 6.08 Å². The molecule has 4 bridgehead atoms. The molecule has 0 heterocycles. The van der Waals surface area contributed by atoms with Crippen molar-refractivity contribution < 1.29 is 14.6 Å². The third kappa shape index (κ3) is 4.84. The van der Waals surface area contributed by atoms with Gasteiger partial charge in [0, 0.05) is 16.1 Å². The van der Waals surface area contributed by atoms with Crippen LogP contribution in [0.5, 0.6) is 5.75 Å². The van der Waals surface area contributed by atoms with Crippen LogP contribution in [-0.2, 0) is 23.2 Å². The number of hydrogen-bond donors (Lipinski definition) is 1. The molecule has 3 aromatic carbocycles. The zero-order valence-corrected chi connectivity index (χ0v) is 23.5. The van der Waals surface area contributed by atoms with E-state index < -0.39 is 5.97 Å². The van der Waals surface area contributed by atoms with Crippen LogP contribution in [0.4, 0.5) is 0 Å². The average Bonchev–Trinajstić information content (AvgIpc) is 2.90. The van der Waals surface area contributed by atoms with Gasteiger partial charge in [-0.25, -0.2) is 4.79 Å². The van der Waals surface area contributed by atoms with Gasteiger partial charge >= 0.3 is 5.97 Å². The van der Waals surface area contributed by atoms with Gasteiger partial charge in [0.25, 0.3) is 0 Å². The molecule has 0 radical (unpaired) electrons. The average molecular weight is 572 g/mol. The van der Waals surface area contributed by atoms with E-state index in [1.165, 1.54) is 61.3 Å². The second kappa shape index (κ2) is 10.4. The van der Waals surface area contributed by atoms with Crippen LogP contribution in [0.1, 0.15) is 67.7 Å². The summed E-state index contributed by atoms with van der Waals surface area (Å²) in [5.41, 5.74) is 7.20. The molecule has 0 aromatic heterocycles. The Bertz CT molecular complexity index is 1340. The van der Waals surface area contributed by atoms with Crippen molar-refractivity contribution in [3.63, 3.8) is 0 Å². The predicted octanol–water partition coefficient (Wildman–Crippen LogP) is 8.82. The maximum atomic E-state index is 11.1. The molecular formula is C34H35BrO3. The van der Waals surface area contributed by atoms with Crippen molar-refractivity contribution in [3.05, 3.63) is 93.5 Å². The Morgan fingerprint density at radius 1 is 1.00 bits per heavy atom. The summed E-state index contributed by atoms with van der Waals surface area (Å²) in [6.45, 7) is 2.69. The molecule has 4 heteroatoms. The summed E-state index contributed by atoms with van der Waals surface area (Å²) in [6.07, 6.45) is 11.8. The van der Waals surface area contributed by atoms with E-state index in [9.17, 15) is 4.79 Å². The number of rotatable bonds is 8. The van der Waals surface area contributed by atoms with Gasteiger partial charge in [-0.3, -0.25) is 0 Å². The van der Waals surface area contributed by atoms with Crippen molar-refractivity contribution in [1.82, 2.24) is 0 Å². The zero-order chi connectivity index (χ0) is 26.3. The van der Waals surface area contributed by atoms with Gasteiger partial charge in [-0.05, 0) is 130 Å². The minimum Gasteiger partial charge on any atom is -0.489 e. The molecule has 3 nitrogen and oxygen atoms in total. The highest BCUT2D eigenvalue weighted by Crippen LogP contribution is 2.62. The molecule has 4 fully saturated rings. The molecule has 0 amide bonds. The van der Waals surface area contributed by atoms with Gasteiger partial charge < -0.3 is 9.84 Å². The molecule has 196 valence electrons. The third-order valence-corrected chi connectivity index (χ3v) is 10.1. The molecule has 4 aliphatic carbocycles. The Hall–Kier alpha value is -2.85. The Morgan fingerprint density at radius 2 is 1.68 bits per heavy atom. The monoisotopic (exact) mass is 570 g/mol. The summed E-state index contributed by atoms with van der Waals surface area (Å²) in [4.78, 5) is 11.1. The number of carboxylic acids is 1. The van der Waals surface area contributed by atoms with Gasteiger partial charge in [-0.1, -0.05) is 55.5 Å². The Labute approximate surface area is 234 Å². The lowest BCUT2D eigenvalue weighted by atomic mass is 9.48. The predicted molar refractivity (Wildman–Crippen MR) is 156 cm³/mol. The van der Waals surface area contributed by atoms with Gasteiger partial charge in [0.2, 0.25) is 0 Å². The molecule has 1 N–H and O–H groups in total. The highest BCUT2D eigenvalue weighted by molar-refractivity contribution is 9.10. The standard InChI is InChI=1S/C34H35BrO3/c1-2-28-26(10-13-32(36)37)8-11-29(33(28)35)27-9-12-31(38-21-22-6-4-3-5-7-22)30(17-27)34-18-23-14-24(19-34)16-25(15-23)20-34/h3-13,17,23-25H,2,14-16,18-21H2,1H3,(H,36,37). The van der Waals surface area contributed by atoms with E-state index in [0.29, 0.717) is 6.61 Å². The lowest BCUT2D eigenvalue weighted by Gasteiger charge is -2.57. The molecule has 0 unspecified atom stereocenters. The fourth-order valence-corrected chi connectivity index (χ4v) is 8.82. The molecule has 0 aliphatic heterocycles. The normalized spacial score (nSPS) is 25.7. The number of carboxylic acid groups (broad SMARTS) is 1. The van der Waals surface area contributed by atoms with Crippen LogP contribution >= 0.6 is 15.9 Å². The number of hydrogen-bond acceptors (Lipinski definition) is 2. The lowest BCUT2D eigenvalue weighted by Crippen LogP contribution is -2.48. The molecule has 7 rings (SSSR count). The van der Waals surface area contributed by atoms with Crippen LogP contribution in [0.25, 0.3) is 17.2 Å². The first-order valence-corrected chi connectivity index (χ1v) is 14.8. The van der Waals surface area contributed by atoms with Crippen molar-refractivity contribution in [3.8, 4) is 16.9 Å². The molecular weight excluding hydrogens is 536 g/mol. The van der Waals surface area contributed by atoms with Gasteiger partial charge in [-0.2, -0.15) is 0 Å². The summed E-state index contributed by atoms with van der Waals surface area (Å²) in [6, 6.07) is 21.4. The maximum Gasteiger partial charge on any atom is 0.328 e.